The maximum absolute atomic E-state index is 8.70. The lowest BCUT2D eigenvalue weighted by atomic mass is 10.3. The Balaban J connectivity index is 2.91. The Kier molecular flexibility index (Phi) is 3.06. The van der Waals surface area contributed by atoms with E-state index >= 15 is 0 Å². The average molecular weight is 179 g/mol. The minimum Gasteiger partial charge on any atom is -0.192 e. The van der Waals surface area contributed by atoms with E-state index in [0.717, 1.165) is 5.03 Å². The topological polar surface area (TPSA) is 49.6 Å². The van der Waals surface area contributed by atoms with E-state index in [0.29, 0.717) is 10.8 Å². The Labute approximate surface area is 75.8 Å². The van der Waals surface area contributed by atoms with Crippen molar-refractivity contribution < 1.29 is 0 Å². The van der Waals surface area contributed by atoms with Gasteiger partial charge in [0.2, 0.25) is 0 Å². The van der Waals surface area contributed by atoms with Gasteiger partial charge in [0, 0.05) is 5.25 Å². The predicted octanol–water partition coefficient (Wildman–Crippen LogP) is 1.85. The molecule has 0 bridgehead atoms. The molecule has 0 aliphatic heterocycles. The Morgan fingerprint density at radius 2 is 2.33 bits per heavy atom. The molecule has 1 rings (SSSR count). The van der Waals surface area contributed by atoms with Gasteiger partial charge in [-0.05, 0) is 6.07 Å². The van der Waals surface area contributed by atoms with Crippen molar-refractivity contribution in [2.75, 3.05) is 0 Å². The van der Waals surface area contributed by atoms with Gasteiger partial charge in [-0.3, -0.25) is 0 Å². The predicted molar refractivity (Wildman–Crippen MR) is 47.7 cm³/mol. The van der Waals surface area contributed by atoms with Crippen molar-refractivity contribution in [1.82, 2.24) is 10.2 Å². The van der Waals surface area contributed by atoms with Crippen molar-refractivity contribution in [3.63, 3.8) is 0 Å². The normalized spacial score (nSPS) is 9.83. The van der Waals surface area contributed by atoms with Crippen molar-refractivity contribution in [2.24, 2.45) is 0 Å². The third-order valence-electron chi connectivity index (χ3n) is 1.15. The minimum absolute atomic E-state index is 0.425. The summed E-state index contributed by atoms with van der Waals surface area (Å²) in [5.74, 6) is 0. The van der Waals surface area contributed by atoms with Crippen LogP contribution >= 0.6 is 11.8 Å². The van der Waals surface area contributed by atoms with E-state index in [2.05, 4.69) is 30.1 Å². The smallest absolute Gasteiger partial charge is 0.137 e. The van der Waals surface area contributed by atoms with Gasteiger partial charge < -0.3 is 0 Å². The van der Waals surface area contributed by atoms with E-state index in [1.165, 1.54) is 6.20 Å². The van der Waals surface area contributed by atoms with Gasteiger partial charge in [-0.15, -0.1) is 16.9 Å². The molecule has 0 saturated heterocycles. The van der Waals surface area contributed by atoms with E-state index < -0.39 is 0 Å². The van der Waals surface area contributed by atoms with Crippen LogP contribution in [-0.4, -0.2) is 15.4 Å². The maximum atomic E-state index is 8.70. The molecular formula is C8H9N3S. The Hall–Kier alpha value is -1.08. The first-order chi connectivity index (χ1) is 5.74. The lowest BCUT2D eigenvalue weighted by molar-refractivity contribution is 0.914. The van der Waals surface area contributed by atoms with Crippen LogP contribution in [0.5, 0.6) is 0 Å². The lowest BCUT2D eigenvalue weighted by Crippen LogP contribution is -1.93. The Bertz CT molecular complexity index is 303. The van der Waals surface area contributed by atoms with E-state index in [9.17, 15) is 0 Å². The van der Waals surface area contributed by atoms with E-state index in [1.807, 2.05) is 0 Å². The van der Waals surface area contributed by atoms with Crippen molar-refractivity contribution >= 4 is 11.8 Å². The highest BCUT2D eigenvalue weighted by molar-refractivity contribution is 7.99. The molecule has 12 heavy (non-hydrogen) atoms. The van der Waals surface area contributed by atoms with Crippen LogP contribution in [0.25, 0.3) is 0 Å². The first-order valence-electron chi connectivity index (χ1n) is 3.62. The van der Waals surface area contributed by atoms with Crippen LogP contribution in [0.3, 0.4) is 0 Å². The Morgan fingerprint density at radius 3 is 2.92 bits per heavy atom. The molecular weight excluding hydrogens is 170 g/mol. The number of hydrogen-bond acceptors (Lipinski definition) is 4. The van der Waals surface area contributed by atoms with Crippen LogP contribution in [-0.2, 0) is 0 Å². The van der Waals surface area contributed by atoms with Crippen LogP contribution in [0.4, 0.5) is 0 Å². The van der Waals surface area contributed by atoms with Crippen molar-refractivity contribution in [1.29, 1.82) is 5.26 Å². The summed E-state index contributed by atoms with van der Waals surface area (Å²) in [5, 5.41) is 17.4. The highest BCUT2D eigenvalue weighted by Crippen LogP contribution is 2.22. The molecule has 0 aromatic carbocycles. The second-order valence-electron chi connectivity index (χ2n) is 2.53. The monoisotopic (exact) mass is 179 g/mol. The van der Waals surface area contributed by atoms with E-state index in [4.69, 9.17) is 5.26 Å². The van der Waals surface area contributed by atoms with Crippen LogP contribution in [0.1, 0.15) is 19.4 Å². The number of nitrogens with zero attached hydrogens (tertiary/aromatic N) is 3. The van der Waals surface area contributed by atoms with Gasteiger partial charge >= 0.3 is 0 Å². The zero-order valence-corrected chi connectivity index (χ0v) is 7.80. The second-order valence-corrected chi connectivity index (χ2v) is 4.09. The molecule has 0 atom stereocenters. The fourth-order valence-electron chi connectivity index (χ4n) is 0.714. The van der Waals surface area contributed by atoms with Crippen LogP contribution in [0, 0.1) is 11.3 Å². The van der Waals surface area contributed by atoms with Crippen molar-refractivity contribution in [2.45, 2.75) is 24.1 Å². The highest BCUT2D eigenvalue weighted by Gasteiger charge is 2.05. The summed E-state index contributed by atoms with van der Waals surface area (Å²) < 4.78 is 0. The minimum atomic E-state index is 0.425. The van der Waals surface area contributed by atoms with Gasteiger partial charge in [0.15, 0.2) is 0 Å². The molecule has 4 heteroatoms. The largest absolute Gasteiger partial charge is 0.192 e. The van der Waals surface area contributed by atoms with Gasteiger partial charge in [-0.25, -0.2) is 0 Å². The molecule has 1 aromatic rings. The van der Waals surface area contributed by atoms with Gasteiger partial charge in [0.1, 0.15) is 11.1 Å². The summed E-state index contributed by atoms with van der Waals surface area (Å²) in [6, 6.07) is 3.76. The number of thioether (sulfide) groups is 1. The molecule has 0 aliphatic carbocycles. The maximum Gasteiger partial charge on any atom is 0.137 e. The lowest BCUT2D eigenvalue weighted by Gasteiger charge is -2.02. The quantitative estimate of drug-likeness (QED) is 0.650. The van der Waals surface area contributed by atoms with Gasteiger partial charge in [0.05, 0.1) is 11.8 Å². The molecule has 0 fully saturated rings. The van der Waals surface area contributed by atoms with Gasteiger partial charge in [0.25, 0.3) is 0 Å². The van der Waals surface area contributed by atoms with Crippen LogP contribution in [0.2, 0.25) is 0 Å². The van der Waals surface area contributed by atoms with Crippen molar-refractivity contribution in [3.05, 3.63) is 17.8 Å². The SMILES string of the molecule is CC(C)Sc1nnccc1C#N. The fourth-order valence-corrected chi connectivity index (χ4v) is 1.50. The Morgan fingerprint density at radius 1 is 1.58 bits per heavy atom. The summed E-state index contributed by atoms with van der Waals surface area (Å²) >= 11 is 1.55. The summed E-state index contributed by atoms with van der Waals surface area (Å²) in [6.07, 6.45) is 1.53. The number of hydrogen-bond donors (Lipinski definition) is 0. The third kappa shape index (κ3) is 2.21. The average Bonchev–Trinajstić information content (AvgIpc) is 2.04. The van der Waals surface area contributed by atoms with Crippen LogP contribution < -0.4 is 0 Å². The summed E-state index contributed by atoms with van der Waals surface area (Å²) in [6.45, 7) is 4.11. The standard InChI is InChI=1S/C8H9N3S/c1-6(2)12-8-7(5-9)3-4-10-11-8/h3-4,6H,1-2H3. The van der Waals surface area contributed by atoms with Crippen LogP contribution in [0.15, 0.2) is 17.3 Å². The molecule has 62 valence electrons. The molecule has 1 aromatic heterocycles. The summed E-state index contributed by atoms with van der Waals surface area (Å²) in [5.41, 5.74) is 0.601. The molecule has 0 saturated carbocycles. The van der Waals surface area contributed by atoms with Gasteiger partial charge in [-0.1, -0.05) is 13.8 Å². The number of nitriles is 1. The fraction of sp³-hybridized carbons (Fsp3) is 0.375. The first-order valence-corrected chi connectivity index (χ1v) is 4.50. The first kappa shape index (κ1) is 9.01. The van der Waals surface area contributed by atoms with Crippen molar-refractivity contribution in [3.8, 4) is 6.07 Å². The summed E-state index contributed by atoms with van der Waals surface area (Å²) in [4.78, 5) is 0. The zero-order chi connectivity index (χ0) is 8.97. The molecule has 3 nitrogen and oxygen atoms in total. The number of rotatable bonds is 2. The third-order valence-corrected chi connectivity index (χ3v) is 2.15. The number of aromatic nitrogens is 2. The highest BCUT2D eigenvalue weighted by atomic mass is 32.2. The molecule has 0 unspecified atom stereocenters. The molecule has 0 radical (unpaired) electrons. The van der Waals surface area contributed by atoms with E-state index in [-0.39, 0.29) is 0 Å². The summed E-state index contributed by atoms with van der Waals surface area (Å²) in [7, 11) is 0. The van der Waals surface area contributed by atoms with E-state index in [1.54, 1.807) is 17.8 Å². The van der Waals surface area contributed by atoms with Gasteiger partial charge in [-0.2, -0.15) is 10.4 Å². The zero-order valence-electron chi connectivity index (χ0n) is 6.98. The molecule has 0 aliphatic rings. The molecule has 1 heterocycles. The molecule has 0 N–H and O–H groups in total. The molecule has 0 amide bonds. The second kappa shape index (κ2) is 4.07. The molecule has 0 spiro atoms.